The van der Waals surface area contributed by atoms with Gasteiger partial charge in [-0.2, -0.15) is 5.10 Å². The first-order chi connectivity index (χ1) is 8.19. The predicted molar refractivity (Wildman–Crippen MR) is 64.8 cm³/mol. The number of aromatic nitrogens is 3. The van der Waals surface area contributed by atoms with E-state index in [2.05, 4.69) is 23.9 Å². The highest BCUT2D eigenvalue weighted by Crippen LogP contribution is 2.19. The maximum Gasteiger partial charge on any atom is 0.219 e. The van der Waals surface area contributed by atoms with Crippen LogP contribution in [0, 0.1) is 0 Å². The van der Waals surface area contributed by atoms with E-state index in [4.69, 9.17) is 10.5 Å². The number of rotatable bonds is 4. The Balaban J connectivity index is 2.08. The third-order valence-electron chi connectivity index (χ3n) is 2.36. The minimum Gasteiger partial charge on any atom is -0.436 e. The van der Waals surface area contributed by atoms with Crippen LogP contribution in [0.2, 0.25) is 0 Å². The van der Waals surface area contributed by atoms with E-state index < -0.39 is 0 Å². The van der Waals surface area contributed by atoms with Gasteiger partial charge in [0.2, 0.25) is 5.88 Å². The molecule has 0 aliphatic heterocycles. The van der Waals surface area contributed by atoms with E-state index in [1.165, 1.54) is 0 Å². The largest absolute Gasteiger partial charge is 0.436 e. The van der Waals surface area contributed by atoms with Crippen molar-refractivity contribution in [3.8, 4) is 11.6 Å². The highest BCUT2D eigenvalue weighted by Gasteiger charge is 2.04. The molecule has 0 amide bonds. The average molecular weight is 232 g/mol. The molecule has 0 radical (unpaired) electrons. The molecular weight excluding hydrogens is 216 g/mol. The molecule has 2 aromatic heterocycles. The van der Waals surface area contributed by atoms with Crippen LogP contribution in [0.1, 0.15) is 25.5 Å². The van der Waals surface area contributed by atoms with Gasteiger partial charge in [-0.05, 0) is 19.4 Å². The van der Waals surface area contributed by atoms with Gasteiger partial charge in [0.15, 0.2) is 5.75 Å². The van der Waals surface area contributed by atoms with Crippen molar-refractivity contribution < 1.29 is 4.74 Å². The van der Waals surface area contributed by atoms with Gasteiger partial charge in [-0.15, -0.1) is 0 Å². The molecule has 0 aliphatic rings. The Bertz CT molecular complexity index is 476. The van der Waals surface area contributed by atoms with E-state index in [1.54, 1.807) is 18.5 Å². The molecule has 0 bridgehead atoms. The van der Waals surface area contributed by atoms with Gasteiger partial charge in [0.25, 0.3) is 0 Å². The van der Waals surface area contributed by atoms with Crippen LogP contribution in [0.4, 0.5) is 0 Å². The van der Waals surface area contributed by atoms with Crippen molar-refractivity contribution in [3.05, 3.63) is 36.3 Å². The Kier molecular flexibility index (Phi) is 3.39. The van der Waals surface area contributed by atoms with Crippen molar-refractivity contribution in [1.29, 1.82) is 0 Å². The molecule has 2 aromatic rings. The van der Waals surface area contributed by atoms with Crippen LogP contribution in [-0.4, -0.2) is 14.8 Å². The SMILES string of the molecule is CC(C)n1cc(Oc2ccc(CN)cn2)cn1. The molecule has 0 unspecified atom stereocenters. The van der Waals surface area contributed by atoms with Crippen molar-refractivity contribution in [2.45, 2.75) is 26.4 Å². The lowest BCUT2D eigenvalue weighted by atomic mass is 10.3. The quantitative estimate of drug-likeness (QED) is 0.876. The number of ether oxygens (including phenoxy) is 1. The smallest absolute Gasteiger partial charge is 0.219 e. The molecule has 5 nitrogen and oxygen atoms in total. The molecule has 0 fully saturated rings. The fourth-order valence-electron chi connectivity index (χ4n) is 1.37. The molecule has 2 heterocycles. The Hall–Kier alpha value is -1.88. The lowest BCUT2D eigenvalue weighted by molar-refractivity contribution is 0.458. The Morgan fingerprint density at radius 1 is 1.35 bits per heavy atom. The van der Waals surface area contributed by atoms with Gasteiger partial charge in [-0.3, -0.25) is 4.68 Å². The van der Waals surface area contributed by atoms with Crippen LogP contribution in [0.15, 0.2) is 30.7 Å². The number of nitrogens with two attached hydrogens (primary N) is 1. The summed E-state index contributed by atoms with van der Waals surface area (Å²) in [5.74, 6) is 1.23. The van der Waals surface area contributed by atoms with Gasteiger partial charge < -0.3 is 10.5 Å². The van der Waals surface area contributed by atoms with Crippen LogP contribution in [0.3, 0.4) is 0 Å². The fourth-order valence-corrected chi connectivity index (χ4v) is 1.37. The van der Waals surface area contributed by atoms with E-state index >= 15 is 0 Å². The Morgan fingerprint density at radius 2 is 2.18 bits per heavy atom. The van der Waals surface area contributed by atoms with Crippen LogP contribution in [0.5, 0.6) is 11.6 Å². The molecular formula is C12H16N4O. The van der Waals surface area contributed by atoms with E-state index in [0.29, 0.717) is 24.2 Å². The maximum atomic E-state index is 5.57. The van der Waals surface area contributed by atoms with Crippen molar-refractivity contribution in [2.24, 2.45) is 5.73 Å². The molecule has 90 valence electrons. The zero-order valence-electron chi connectivity index (χ0n) is 10.00. The molecule has 0 spiro atoms. The Morgan fingerprint density at radius 3 is 2.71 bits per heavy atom. The molecule has 5 heteroatoms. The van der Waals surface area contributed by atoms with Gasteiger partial charge in [0, 0.05) is 24.8 Å². The highest BCUT2D eigenvalue weighted by atomic mass is 16.5. The van der Waals surface area contributed by atoms with E-state index in [9.17, 15) is 0 Å². The molecule has 2 rings (SSSR count). The van der Waals surface area contributed by atoms with Gasteiger partial charge in [0.1, 0.15) is 0 Å². The zero-order valence-corrected chi connectivity index (χ0v) is 10.00. The van der Waals surface area contributed by atoms with Crippen LogP contribution in [-0.2, 0) is 6.54 Å². The summed E-state index contributed by atoms with van der Waals surface area (Å²) in [6, 6.07) is 4.02. The molecule has 17 heavy (non-hydrogen) atoms. The topological polar surface area (TPSA) is 66.0 Å². The molecule has 0 saturated carbocycles. The second kappa shape index (κ2) is 4.97. The second-order valence-corrected chi connectivity index (χ2v) is 4.06. The molecule has 0 atom stereocenters. The van der Waals surface area contributed by atoms with Gasteiger partial charge in [-0.25, -0.2) is 4.98 Å². The van der Waals surface area contributed by atoms with E-state index in [0.717, 1.165) is 5.56 Å². The first-order valence-electron chi connectivity index (χ1n) is 5.56. The minimum atomic E-state index is 0.319. The van der Waals surface area contributed by atoms with E-state index in [1.807, 2.05) is 16.9 Å². The summed E-state index contributed by atoms with van der Waals surface area (Å²) >= 11 is 0. The standard InChI is InChI=1S/C12H16N4O/c1-9(2)16-8-11(7-15-16)17-12-4-3-10(5-13)6-14-12/h3-4,6-9H,5,13H2,1-2H3. The monoisotopic (exact) mass is 232 g/mol. The maximum absolute atomic E-state index is 5.57. The molecule has 0 aliphatic carbocycles. The van der Waals surface area contributed by atoms with Crippen LogP contribution < -0.4 is 10.5 Å². The lowest BCUT2D eigenvalue weighted by Crippen LogP contribution is -1.99. The van der Waals surface area contributed by atoms with Crippen LogP contribution >= 0.6 is 0 Å². The summed E-state index contributed by atoms with van der Waals surface area (Å²) in [5, 5.41) is 4.19. The zero-order chi connectivity index (χ0) is 12.3. The van der Waals surface area contributed by atoms with Crippen molar-refractivity contribution in [3.63, 3.8) is 0 Å². The normalized spacial score (nSPS) is 10.8. The summed E-state index contributed by atoms with van der Waals surface area (Å²) in [6.45, 7) is 4.61. The van der Waals surface area contributed by atoms with Crippen LogP contribution in [0.25, 0.3) is 0 Å². The van der Waals surface area contributed by atoms with E-state index in [-0.39, 0.29) is 0 Å². The van der Waals surface area contributed by atoms with Gasteiger partial charge >= 0.3 is 0 Å². The third kappa shape index (κ3) is 2.82. The summed E-state index contributed by atoms with van der Waals surface area (Å²) in [7, 11) is 0. The Labute approximate surface area is 100 Å². The third-order valence-corrected chi connectivity index (χ3v) is 2.36. The lowest BCUT2D eigenvalue weighted by Gasteiger charge is -2.04. The summed E-state index contributed by atoms with van der Waals surface area (Å²) in [5.41, 5.74) is 6.48. The number of nitrogens with zero attached hydrogens (tertiary/aromatic N) is 3. The second-order valence-electron chi connectivity index (χ2n) is 4.06. The fraction of sp³-hybridized carbons (Fsp3) is 0.333. The minimum absolute atomic E-state index is 0.319. The summed E-state index contributed by atoms with van der Waals surface area (Å²) in [6.07, 6.45) is 5.24. The number of hydrogen-bond donors (Lipinski definition) is 1. The van der Waals surface area contributed by atoms with Crippen molar-refractivity contribution >= 4 is 0 Å². The van der Waals surface area contributed by atoms with Crippen molar-refractivity contribution in [2.75, 3.05) is 0 Å². The highest BCUT2D eigenvalue weighted by molar-refractivity contribution is 5.23. The average Bonchev–Trinajstić information content (AvgIpc) is 2.79. The summed E-state index contributed by atoms with van der Waals surface area (Å²) < 4.78 is 7.41. The first kappa shape index (κ1) is 11.6. The number of pyridine rings is 1. The number of hydrogen-bond acceptors (Lipinski definition) is 4. The molecule has 2 N–H and O–H groups in total. The predicted octanol–water partition coefficient (Wildman–Crippen LogP) is 2.11. The molecule has 0 saturated heterocycles. The van der Waals surface area contributed by atoms with Crippen molar-refractivity contribution in [1.82, 2.24) is 14.8 Å². The summed E-state index contributed by atoms with van der Waals surface area (Å²) in [4.78, 5) is 4.16. The van der Waals surface area contributed by atoms with Gasteiger partial charge in [0.05, 0.1) is 12.4 Å². The first-order valence-corrected chi connectivity index (χ1v) is 5.56. The van der Waals surface area contributed by atoms with Gasteiger partial charge in [-0.1, -0.05) is 6.07 Å². The molecule has 0 aromatic carbocycles.